The third-order valence-corrected chi connectivity index (χ3v) is 6.34. The number of aryl methyl sites for hydroxylation is 1. The van der Waals surface area contributed by atoms with Crippen LogP contribution in [0.3, 0.4) is 0 Å². The van der Waals surface area contributed by atoms with Gasteiger partial charge in [-0.15, -0.1) is 11.3 Å². The Morgan fingerprint density at radius 1 is 1.35 bits per heavy atom. The van der Waals surface area contributed by atoms with Crippen LogP contribution >= 0.6 is 34.5 Å². The first-order valence-electron chi connectivity index (χ1n) is 9.56. The normalized spacial score (nSPS) is 13.9. The number of carbonyl (C=O) groups excluding carboxylic acids is 1. The molecule has 1 aliphatic rings. The van der Waals surface area contributed by atoms with Crippen molar-refractivity contribution >= 4 is 61.8 Å². The number of thiophene rings is 1. The van der Waals surface area contributed by atoms with Gasteiger partial charge in [-0.1, -0.05) is 23.2 Å². The van der Waals surface area contributed by atoms with E-state index in [0.717, 1.165) is 17.8 Å². The van der Waals surface area contributed by atoms with E-state index in [1.807, 2.05) is 0 Å². The zero-order valence-corrected chi connectivity index (χ0v) is 19.0. The van der Waals surface area contributed by atoms with Crippen molar-refractivity contribution in [3.8, 4) is 11.5 Å². The monoisotopic (exact) mass is 480 g/mol. The van der Waals surface area contributed by atoms with Crippen LogP contribution in [0.2, 0.25) is 5.02 Å². The Bertz CT molecular complexity index is 1260. The molecular weight excluding hydrogens is 463 g/mol. The number of ether oxygens (including phenoxy) is 3. The number of H-pyrrole nitrogens is 1. The summed E-state index contributed by atoms with van der Waals surface area (Å²) in [4.78, 5) is 32.7. The molecule has 0 radical (unpaired) electrons. The van der Waals surface area contributed by atoms with E-state index < -0.39 is 5.97 Å². The summed E-state index contributed by atoms with van der Waals surface area (Å²) in [6.07, 6.45) is 2.38. The van der Waals surface area contributed by atoms with Gasteiger partial charge in [0.15, 0.2) is 17.3 Å². The van der Waals surface area contributed by atoms with Crippen LogP contribution in [0.5, 0.6) is 11.5 Å². The van der Waals surface area contributed by atoms with Crippen molar-refractivity contribution in [1.29, 1.82) is 0 Å². The molecule has 4 rings (SSSR count). The maximum atomic E-state index is 12.7. The van der Waals surface area contributed by atoms with Gasteiger partial charge in [0.1, 0.15) is 9.71 Å². The quantitative estimate of drug-likeness (QED) is 0.527. The smallest absolute Gasteiger partial charge is 0.348 e. The molecule has 3 aromatic rings. The molecule has 1 N–H and O–H groups in total. The van der Waals surface area contributed by atoms with Crippen molar-refractivity contribution < 1.29 is 19.0 Å². The molecule has 0 unspecified atom stereocenters. The molecule has 0 saturated heterocycles. The maximum Gasteiger partial charge on any atom is 0.348 e. The molecule has 0 fully saturated rings. The van der Waals surface area contributed by atoms with E-state index in [4.69, 9.17) is 37.4 Å². The Labute approximate surface area is 191 Å². The number of carbonyl (C=O) groups is 1. The third-order valence-electron chi connectivity index (χ3n) is 4.61. The average molecular weight is 481 g/mol. The van der Waals surface area contributed by atoms with Gasteiger partial charge >= 0.3 is 5.97 Å². The van der Waals surface area contributed by atoms with Crippen LogP contribution < -0.4 is 15.0 Å². The number of esters is 1. The molecule has 0 bridgehead atoms. The van der Waals surface area contributed by atoms with Crippen LogP contribution in [-0.2, 0) is 4.74 Å². The van der Waals surface area contributed by atoms with E-state index in [9.17, 15) is 9.59 Å². The molecule has 2 aromatic heterocycles. The van der Waals surface area contributed by atoms with E-state index in [1.54, 1.807) is 32.1 Å². The predicted molar refractivity (Wildman–Crippen MR) is 122 cm³/mol. The van der Waals surface area contributed by atoms with Crippen molar-refractivity contribution in [2.75, 3.05) is 19.8 Å². The van der Waals surface area contributed by atoms with E-state index in [0.29, 0.717) is 56.0 Å². The largest absolute Gasteiger partial charge is 0.489 e. The molecule has 1 aromatic carbocycles. The summed E-state index contributed by atoms with van der Waals surface area (Å²) in [5.41, 5.74) is 0.817. The lowest BCUT2D eigenvalue weighted by atomic mass is 10.1. The second-order valence-corrected chi connectivity index (χ2v) is 8.56. The number of hydrogen-bond donors (Lipinski definition) is 1. The topological polar surface area (TPSA) is 90.5 Å². The van der Waals surface area contributed by atoms with Crippen LogP contribution in [-0.4, -0.2) is 35.8 Å². The summed E-state index contributed by atoms with van der Waals surface area (Å²) in [6, 6.07) is 3.46. The molecule has 3 heterocycles. The molecule has 0 amide bonds. The number of nitrogens with zero attached hydrogens (tertiary/aromatic N) is 1. The van der Waals surface area contributed by atoms with Gasteiger partial charge in [-0.2, -0.15) is 0 Å². The minimum atomic E-state index is -0.479. The fourth-order valence-corrected chi connectivity index (χ4v) is 4.76. The summed E-state index contributed by atoms with van der Waals surface area (Å²) in [5, 5.41) is 0.952. The number of fused-ring (bicyclic) bond motifs is 2. The highest BCUT2D eigenvalue weighted by Crippen LogP contribution is 2.39. The summed E-state index contributed by atoms with van der Waals surface area (Å²) >= 11 is 13.9. The highest BCUT2D eigenvalue weighted by Gasteiger charge is 2.21. The van der Waals surface area contributed by atoms with Crippen LogP contribution in [0.15, 0.2) is 16.9 Å². The fourth-order valence-electron chi connectivity index (χ4n) is 3.20. The van der Waals surface area contributed by atoms with Crippen molar-refractivity contribution in [2.45, 2.75) is 20.3 Å². The van der Waals surface area contributed by atoms with E-state index in [1.165, 1.54) is 0 Å². The predicted octanol–water partition coefficient (Wildman–Crippen LogP) is 5.02. The lowest BCUT2D eigenvalue weighted by molar-refractivity contribution is 0.0531. The van der Waals surface area contributed by atoms with Crippen molar-refractivity contribution in [1.82, 2.24) is 9.97 Å². The van der Waals surface area contributed by atoms with Gasteiger partial charge in [-0.05, 0) is 43.2 Å². The molecule has 7 nitrogen and oxygen atoms in total. The van der Waals surface area contributed by atoms with E-state index in [-0.39, 0.29) is 23.0 Å². The Morgan fingerprint density at radius 2 is 2.13 bits per heavy atom. The SMILES string of the molecule is CCOC(=O)c1sc2nc(/C(Cl)=C/c3cc(Cl)c4c(c3)OCCCO4)[nH]c(=O)c2c1C. The molecule has 0 atom stereocenters. The lowest BCUT2D eigenvalue weighted by Gasteiger charge is -2.10. The van der Waals surface area contributed by atoms with E-state index in [2.05, 4.69) is 9.97 Å². The molecule has 10 heteroatoms. The Kier molecular flexibility index (Phi) is 6.22. The van der Waals surface area contributed by atoms with Gasteiger partial charge in [0.05, 0.1) is 35.3 Å². The van der Waals surface area contributed by atoms with Crippen LogP contribution in [0.1, 0.15) is 40.0 Å². The molecule has 1 aliphatic heterocycles. The molecular formula is C21H18Cl2N2O5S. The number of halogens is 2. The minimum Gasteiger partial charge on any atom is -0.489 e. The summed E-state index contributed by atoms with van der Waals surface area (Å²) < 4.78 is 16.4. The fraction of sp³-hybridized carbons (Fsp3) is 0.286. The number of aromatic amines is 1. The number of benzene rings is 1. The average Bonchev–Trinajstić information content (AvgIpc) is 2.89. The highest BCUT2D eigenvalue weighted by atomic mass is 35.5. The zero-order chi connectivity index (χ0) is 22.1. The summed E-state index contributed by atoms with van der Waals surface area (Å²) in [6.45, 7) is 4.71. The van der Waals surface area contributed by atoms with Crippen LogP contribution in [0, 0.1) is 6.92 Å². The number of nitrogens with one attached hydrogen (secondary N) is 1. The van der Waals surface area contributed by atoms with Crippen LogP contribution in [0.4, 0.5) is 0 Å². The van der Waals surface area contributed by atoms with Gasteiger partial charge < -0.3 is 19.2 Å². The first-order valence-corrected chi connectivity index (χ1v) is 11.1. The van der Waals surface area contributed by atoms with Gasteiger partial charge in [0.2, 0.25) is 0 Å². The van der Waals surface area contributed by atoms with Crippen molar-refractivity contribution in [3.05, 3.63) is 49.3 Å². The van der Waals surface area contributed by atoms with Gasteiger partial charge in [0, 0.05) is 6.42 Å². The van der Waals surface area contributed by atoms with Gasteiger partial charge in [0.25, 0.3) is 5.56 Å². The number of aromatic nitrogens is 2. The van der Waals surface area contributed by atoms with Crippen LogP contribution in [0.25, 0.3) is 21.3 Å². The number of hydrogen-bond acceptors (Lipinski definition) is 7. The molecule has 0 saturated carbocycles. The molecule has 31 heavy (non-hydrogen) atoms. The minimum absolute atomic E-state index is 0.180. The lowest BCUT2D eigenvalue weighted by Crippen LogP contribution is -2.11. The Hall–Kier alpha value is -2.55. The molecule has 0 aliphatic carbocycles. The van der Waals surface area contributed by atoms with E-state index >= 15 is 0 Å². The third kappa shape index (κ3) is 4.28. The standard InChI is InChI=1S/C21H18Cl2N2O5S/c1-3-28-21(27)17-10(2)15-19(26)24-18(25-20(15)31-17)13(23)8-11-7-12(22)16-14(9-11)29-5-4-6-30-16/h7-9H,3-6H2,1-2H3,(H,24,25,26)/b13-8-. The van der Waals surface area contributed by atoms with Gasteiger partial charge in [-0.25, -0.2) is 9.78 Å². The Balaban J connectivity index is 1.74. The zero-order valence-electron chi connectivity index (χ0n) is 16.7. The first kappa shape index (κ1) is 21.7. The maximum absolute atomic E-state index is 12.7. The molecule has 0 spiro atoms. The summed E-state index contributed by atoms with van der Waals surface area (Å²) in [5.74, 6) is 0.734. The van der Waals surface area contributed by atoms with Gasteiger partial charge in [-0.3, -0.25) is 4.79 Å². The van der Waals surface area contributed by atoms with Crippen molar-refractivity contribution in [2.24, 2.45) is 0 Å². The Morgan fingerprint density at radius 3 is 2.90 bits per heavy atom. The second kappa shape index (κ2) is 8.90. The van der Waals surface area contributed by atoms with Crippen molar-refractivity contribution in [3.63, 3.8) is 0 Å². The highest BCUT2D eigenvalue weighted by molar-refractivity contribution is 7.20. The number of rotatable bonds is 4. The second-order valence-electron chi connectivity index (χ2n) is 6.74. The first-order chi connectivity index (χ1) is 14.9. The molecule has 162 valence electrons. The summed E-state index contributed by atoms with van der Waals surface area (Å²) in [7, 11) is 0.